The van der Waals surface area contributed by atoms with E-state index < -0.39 is 0 Å². The van der Waals surface area contributed by atoms with Crippen LogP contribution in [-0.4, -0.2) is 58.8 Å². The molecule has 1 aliphatic heterocycles. The largest absolute Gasteiger partial charge is 0.310 e. The highest BCUT2D eigenvalue weighted by atomic mass is 35.5. The minimum Gasteiger partial charge on any atom is -0.310 e. The molecular formula is C35H36ClN5. The zero-order valence-electron chi connectivity index (χ0n) is 23.2. The van der Waals surface area contributed by atoms with Crippen LogP contribution >= 0.6 is 11.6 Å². The predicted molar refractivity (Wildman–Crippen MR) is 168 cm³/mol. The van der Waals surface area contributed by atoms with Gasteiger partial charge in [0.15, 0.2) is 0 Å². The average Bonchev–Trinajstić information content (AvgIpc) is 3.47. The fourth-order valence-electron chi connectivity index (χ4n) is 5.69. The van der Waals surface area contributed by atoms with Crippen LogP contribution in [0.1, 0.15) is 22.9 Å². The summed E-state index contributed by atoms with van der Waals surface area (Å²) >= 11 is 6.20. The number of hydrogen-bond donors (Lipinski definition) is 1. The Balaban J connectivity index is 1.05. The van der Waals surface area contributed by atoms with Gasteiger partial charge in [0, 0.05) is 56.4 Å². The molecule has 0 bridgehead atoms. The maximum atomic E-state index is 6.20. The van der Waals surface area contributed by atoms with E-state index in [2.05, 4.69) is 123 Å². The van der Waals surface area contributed by atoms with Gasteiger partial charge in [-0.25, -0.2) is 4.68 Å². The molecule has 0 aliphatic carbocycles. The molecule has 1 unspecified atom stereocenters. The minimum absolute atomic E-state index is 0.243. The van der Waals surface area contributed by atoms with Crippen LogP contribution in [0.3, 0.4) is 0 Å². The standard InChI is InChI=1S/C35H36ClN5/c36-31-18-16-30(17-19-31)35(29-12-6-2-7-13-29)40-24-22-39(23-25-40)21-20-37-27-32-26-34(28-10-4-1-5-11-28)41(38-32)33-14-8-3-9-15-33/h1-19,26,35,37H,20-25,27H2. The van der Waals surface area contributed by atoms with E-state index in [0.29, 0.717) is 0 Å². The van der Waals surface area contributed by atoms with Gasteiger partial charge in [-0.05, 0) is 41.5 Å². The van der Waals surface area contributed by atoms with Gasteiger partial charge in [0.1, 0.15) is 0 Å². The number of nitrogens with zero attached hydrogens (tertiary/aromatic N) is 4. The van der Waals surface area contributed by atoms with Crippen LogP contribution in [0.15, 0.2) is 121 Å². The Morgan fingerprint density at radius 1 is 0.707 bits per heavy atom. The van der Waals surface area contributed by atoms with Crippen molar-refractivity contribution < 1.29 is 0 Å². The Kier molecular flexibility index (Phi) is 8.89. The summed E-state index contributed by atoms with van der Waals surface area (Å²) in [4.78, 5) is 5.16. The van der Waals surface area contributed by atoms with Crippen molar-refractivity contribution in [3.63, 3.8) is 0 Å². The lowest BCUT2D eigenvalue weighted by Crippen LogP contribution is -2.49. The molecular weight excluding hydrogens is 526 g/mol. The third kappa shape index (κ3) is 6.77. The normalized spacial score (nSPS) is 15.1. The van der Waals surface area contributed by atoms with E-state index in [9.17, 15) is 0 Å². The molecule has 6 heteroatoms. The molecule has 4 aromatic carbocycles. The van der Waals surface area contributed by atoms with Gasteiger partial charge in [-0.3, -0.25) is 9.80 Å². The highest BCUT2D eigenvalue weighted by Crippen LogP contribution is 2.30. The lowest BCUT2D eigenvalue weighted by molar-refractivity contribution is 0.110. The van der Waals surface area contributed by atoms with Crippen molar-refractivity contribution in [2.75, 3.05) is 39.3 Å². The Hall–Kier alpha value is -3.74. The molecule has 6 rings (SSSR count). The SMILES string of the molecule is Clc1ccc(C(c2ccccc2)N2CCN(CCNCc3cc(-c4ccccc4)n(-c4ccccc4)n3)CC2)cc1. The second kappa shape index (κ2) is 13.3. The molecule has 1 saturated heterocycles. The van der Waals surface area contributed by atoms with Gasteiger partial charge in [-0.2, -0.15) is 5.10 Å². The third-order valence-corrected chi connectivity index (χ3v) is 8.07. The third-order valence-electron chi connectivity index (χ3n) is 7.81. The Labute approximate surface area is 248 Å². The number of rotatable bonds is 10. The Morgan fingerprint density at radius 2 is 1.32 bits per heavy atom. The fraction of sp³-hybridized carbons (Fsp3) is 0.229. The van der Waals surface area contributed by atoms with Crippen molar-refractivity contribution in [3.8, 4) is 16.9 Å². The molecule has 0 radical (unpaired) electrons. The van der Waals surface area contributed by atoms with Crippen molar-refractivity contribution in [1.29, 1.82) is 0 Å². The van der Waals surface area contributed by atoms with E-state index in [0.717, 1.165) is 67.9 Å². The molecule has 1 fully saturated rings. The van der Waals surface area contributed by atoms with Gasteiger partial charge in [0.25, 0.3) is 0 Å². The number of halogens is 1. The van der Waals surface area contributed by atoms with E-state index in [1.807, 2.05) is 18.2 Å². The molecule has 0 amide bonds. The number of piperazine rings is 1. The molecule has 2 heterocycles. The number of aromatic nitrogens is 2. The molecule has 0 saturated carbocycles. The summed E-state index contributed by atoms with van der Waals surface area (Å²) in [6.45, 7) is 6.87. The number of hydrogen-bond acceptors (Lipinski definition) is 4. The predicted octanol–water partition coefficient (Wildman–Crippen LogP) is 6.69. The quantitative estimate of drug-likeness (QED) is 0.193. The van der Waals surface area contributed by atoms with Crippen LogP contribution in [0.4, 0.5) is 0 Å². The molecule has 41 heavy (non-hydrogen) atoms. The molecule has 5 aromatic rings. The van der Waals surface area contributed by atoms with Gasteiger partial charge in [-0.15, -0.1) is 0 Å². The molecule has 0 spiro atoms. The summed E-state index contributed by atoms with van der Waals surface area (Å²) in [6.07, 6.45) is 0. The smallest absolute Gasteiger partial charge is 0.0773 e. The fourth-order valence-corrected chi connectivity index (χ4v) is 5.82. The van der Waals surface area contributed by atoms with E-state index in [1.165, 1.54) is 16.7 Å². The topological polar surface area (TPSA) is 36.3 Å². The Bertz CT molecular complexity index is 1440. The van der Waals surface area contributed by atoms with Crippen molar-refractivity contribution in [1.82, 2.24) is 24.9 Å². The van der Waals surface area contributed by atoms with Crippen molar-refractivity contribution in [3.05, 3.63) is 143 Å². The second-order valence-electron chi connectivity index (χ2n) is 10.6. The van der Waals surface area contributed by atoms with Gasteiger partial charge in [-0.1, -0.05) is 103 Å². The highest BCUT2D eigenvalue weighted by Gasteiger charge is 2.26. The molecule has 1 aliphatic rings. The maximum Gasteiger partial charge on any atom is 0.0773 e. The van der Waals surface area contributed by atoms with Crippen LogP contribution < -0.4 is 5.32 Å². The monoisotopic (exact) mass is 561 g/mol. The van der Waals surface area contributed by atoms with Crippen LogP contribution in [0, 0.1) is 0 Å². The summed E-state index contributed by atoms with van der Waals surface area (Å²) in [5, 5.41) is 9.38. The molecule has 1 N–H and O–H groups in total. The minimum atomic E-state index is 0.243. The van der Waals surface area contributed by atoms with Crippen LogP contribution in [-0.2, 0) is 6.54 Å². The zero-order valence-corrected chi connectivity index (χ0v) is 24.0. The highest BCUT2D eigenvalue weighted by molar-refractivity contribution is 6.30. The Morgan fingerprint density at radius 3 is 2.00 bits per heavy atom. The molecule has 1 atom stereocenters. The number of benzene rings is 4. The van der Waals surface area contributed by atoms with Crippen molar-refractivity contribution in [2.45, 2.75) is 12.6 Å². The summed E-state index contributed by atoms with van der Waals surface area (Å²) in [7, 11) is 0. The van der Waals surface area contributed by atoms with Crippen molar-refractivity contribution >= 4 is 11.6 Å². The lowest BCUT2D eigenvalue weighted by Gasteiger charge is -2.39. The van der Waals surface area contributed by atoms with Crippen LogP contribution in [0.25, 0.3) is 16.9 Å². The first kappa shape index (κ1) is 27.4. The van der Waals surface area contributed by atoms with Crippen LogP contribution in [0.5, 0.6) is 0 Å². The van der Waals surface area contributed by atoms with Crippen LogP contribution in [0.2, 0.25) is 5.02 Å². The summed E-state index contributed by atoms with van der Waals surface area (Å²) < 4.78 is 2.05. The first-order valence-corrected chi connectivity index (χ1v) is 14.8. The summed E-state index contributed by atoms with van der Waals surface area (Å²) in [6, 6.07) is 42.4. The first-order chi connectivity index (χ1) is 20.2. The van der Waals surface area contributed by atoms with E-state index >= 15 is 0 Å². The number of nitrogens with one attached hydrogen (secondary N) is 1. The van der Waals surface area contributed by atoms with Gasteiger partial charge < -0.3 is 5.32 Å². The van der Waals surface area contributed by atoms with E-state index in [-0.39, 0.29) is 6.04 Å². The second-order valence-corrected chi connectivity index (χ2v) is 11.0. The summed E-state index contributed by atoms with van der Waals surface area (Å²) in [5.41, 5.74) is 7.02. The molecule has 208 valence electrons. The zero-order chi connectivity index (χ0) is 27.9. The lowest BCUT2D eigenvalue weighted by atomic mass is 9.96. The first-order valence-electron chi connectivity index (χ1n) is 14.4. The van der Waals surface area contributed by atoms with Crippen molar-refractivity contribution in [2.24, 2.45) is 0 Å². The van der Waals surface area contributed by atoms with Gasteiger partial charge in [0.2, 0.25) is 0 Å². The van der Waals surface area contributed by atoms with E-state index in [4.69, 9.17) is 16.7 Å². The van der Waals surface area contributed by atoms with E-state index in [1.54, 1.807) is 0 Å². The average molecular weight is 562 g/mol. The maximum absolute atomic E-state index is 6.20. The molecule has 1 aromatic heterocycles. The molecule has 5 nitrogen and oxygen atoms in total. The summed E-state index contributed by atoms with van der Waals surface area (Å²) in [5.74, 6) is 0. The van der Waals surface area contributed by atoms with Gasteiger partial charge in [0.05, 0.1) is 23.1 Å². The number of para-hydroxylation sites is 1. The van der Waals surface area contributed by atoms with Gasteiger partial charge >= 0.3 is 0 Å².